The molecule has 1 aromatic carbocycles. The number of rotatable bonds is 5. The van der Waals surface area contributed by atoms with Crippen molar-refractivity contribution in [3.63, 3.8) is 0 Å². The largest absolute Gasteiger partial charge is 0.426 e. The number of carbonyl (C=O) groups is 2. The maximum absolute atomic E-state index is 11.2. The molecule has 0 amide bonds. The van der Waals surface area contributed by atoms with Gasteiger partial charge < -0.3 is 4.74 Å². The molecule has 0 spiro atoms. The second-order valence-electron chi connectivity index (χ2n) is 3.22. The lowest BCUT2D eigenvalue weighted by Crippen LogP contribution is -2.08. The highest BCUT2D eigenvalue weighted by atomic mass is 35.5. The zero-order valence-corrected chi connectivity index (χ0v) is 9.66. The first-order chi connectivity index (χ1) is 7.67. The molecule has 0 fully saturated rings. The molecule has 3 nitrogen and oxygen atoms in total. The molecular formula is C12H12ClO3. The molecule has 0 saturated heterocycles. The van der Waals surface area contributed by atoms with Gasteiger partial charge in [0.05, 0.1) is 11.4 Å². The summed E-state index contributed by atoms with van der Waals surface area (Å²) in [5.74, 6) is -0.0651. The number of hydrogen-bond acceptors (Lipinski definition) is 3. The fourth-order valence-electron chi connectivity index (χ4n) is 1.09. The average Bonchev–Trinajstić information content (AvgIpc) is 2.26. The van der Waals surface area contributed by atoms with Crippen molar-refractivity contribution in [1.82, 2.24) is 0 Å². The van der Waals surface area contributed by atoms with Crippen LogP contribution in [0, 0.1) is 6.42 Å². The molecule has 0 N–H and O–H groups in total. The SMILES string of the molecule is CCC[CH]C(=O)Oc1ccc(C=O)c(Cl)c1. The summed E-state index contributed by atoms with van der Waals surface area (Å²) in [5.41, 5.74) is 0.374. The van der Waals surface area contributed by atoms with E-state index in [1.807, 2.05) is 6.92 Å². The van der Waals surface area contributed by atoms with Crippen molar-refractivity contribution < 1.29 is 14.3 Å². The second kappa shape index (κ2) is 6.28. The topological polar surface area (TPSA) is 43.4 Å². The van der Waals surface area contributed by atoms with Gasteiger partial charge in [0.15, 0.2) is 6.29 Å². The van der Waals surface area contributed by atoms with Crippen LogP contribution in [0.25, 0.3) is 0 Å². The van der Waals surface area contributed by atoms with E-state index in [-0.39, 0.29) is 5.02 Å². The van der Waals surface area contributed by atoms with Crippen molar-refractivity contribution in [2.24, 2.45) is 0 Å². The Morgan fingerprint density at radius 1 is 1.50 bits per heavy atom. The monoisotopic (exact) mass is 239 g/mol. The Morgan fingerprint density at radius 3 is 2.81 bits per heavy atom. The van der Waals surface area contributed by atoms with Gasteiger partial charge in [0.25, 0.3) is 0 Å². The molecule has 1 rings (SSSR count). The fourth-order valence-corrected chi connectivity index (χ4v) is 1.30. The average molecular weight is 240 g/mol. The van der Waals surface area contributed by atoms with Crippen molar-refractivity contribution >= 4 is 23.9 Å². The summed E-state index contributed by atoms with van der Waals surface area (Å²) in [6.07, 6.45) is 3.69. The molecule has 0 aliphatic carbocycles. The van der Waals surface area contributed by atoms with Gasteiger partial charge >= 0.3 is 5.97 Å². The van der Waals surface area contributed by atoms with Gasteiger partial charge in [0.2, 0.25) is 0 Å². The van der Waals surface area contributed by atoms with Gasteiger partial charge in [-0.25, -0.2) is 0 Å². The Balaban J connectivity index is 2.64. The molecule has 1 radical (unpaired) electrons. The van der Waals surface area contributed by atoms with E-state index in [1.165, 1.54) is 24.6 Å². The summed E-state index contributed by atoms with van der Waals surface area (Å²) < 4.78 is 5.00. The number of halogens is 1. The summed E-state index contributed by atoms with van der Waals surface area (Å²) in [5, 5.41) is 0.274. The summed E-state index contributed by atoms with van der Waals surface area (Å²) in [4.78, 5) is 21.8. The molecule has 0 atom stereocenters. The Hall–Kier alpha value is -1.35. The Kier molecular flexibility index (Phi) is 4.99. The number of benzene rings is 1. The molecule has 1 aromatic rings. The highest BCUT2D eigenvalue weighted by molar-refractivity contribution is 6.33. The second-order valence-corrected chi connectivity index (χ2v) is 3.62. The van der Waals surface area contributed by atoms with Crippen molar-refractivity contribution in [3.05, 3.63) is 35.2 Å². The van der Waals surface area contributed by atoms with E-state index in [1.54, 1.807) is 0 Å². The normalized spacial score (nSPS) is 9.88. The van der Waals surface area contributed by atoms with Crippen LogP contribution in [0.3, 0.4) is 0 Å². The van der Waals surface area contributed by atoms with Crippen LogP contribution >= 0.6 is 11.6 Å². The van der Waals surface area contributed by atoms with Crippen LogP contribution < -0.4 is 4.74 Å². The van der Waals surface area contributed by atoms with Crippen LogP contribution in [-0.2, 0) is 4.79 Å². The van der Waals surface area contributed by atoms with Gasteiger partial charge in [-0.1, -0.05) is 24.9 Å². The van der Waals surface area contributed by atoms with Crippen LogP contribution in [0.15, 0.2) is 18.2 Å². The van der Waals surface area contributed by atoms with E-state index >= 15 is 0 Å². The molecule has 0 unspecified atom stereocenters. The summed E-state index contributed by atoms with van der Waals surface area (Å²) in [7, 11) is 0. The first-order valence-corrected chi connectivity index (χ1v) is 5.35. The van der Waals surface area contributed by atoms with Crippen molar-refractivity contribution in [2.75, 3.05) is 0 Å². The van der Waals surface area contributed by atoms with Crippen LogP contribution in [-0.4, -0.2) is 12.3 Å². The molecule has 0 heterocycles. The highest BCUT2D eigenvalue weighted by Crippen LogP contribution is 2.21. The number of carbonyl (C=O) groups excluding carboxylic acids is 2. The van der Waals surface area contributed by atoms with Crippen molar-refractivity contribution in [2.45, 2.75) is 19.8 Å². The van der Waals surface area contributed by atoms with Crippen LogP contribution in [0.5, 0.6) is 5.75 Å². The summed E-state index contributed by atoms with van der Waals surface area (Å²) >= 11 is 5.78. The number of esters is 1. The third-order valence-corrected chi connectivity index (χ3v) is 2.24. The molecule has 0 aliphatic rings. The van der Waals surface area contributed by atoms with Crippen LogP contribution in [0.4, 0.5) is 0 Å². The number of aldehydes is 1. The fraction of sp³-hybridized carbons (Fsp3) is 0.250. The summed E-state index contributed by atoms with van der Waals surface area (Å²) in [6, 6.07) is 4.49. The number of hydrogen-bond donors (Lipinski definition) is 0. The van der Waals surface area contributed by atoms with Crippen LogP contribution in [0.2, 0.25) is 5.02 Å². The van der Waals surface area contributed by atoms with E-state index in [9.17, 15) is 9.59 Å². The van der Waals surface area contributed by atoms with Crippen molar-refractivity contribution in [3.8, 4) is 5.75 Å². The number of ether oxygens (including phenoxy) is 1. The minimum Gasteiger partial charge on any atom is -0.426 e. The van der Waals surface area contributed by atoms with Gasteiger partial charge in [-0.2, -0.15) is 0 Å². The van der Waals surface area contributed by atoms with E-state index in [0.29, 0.717) is 24.0 Å². The standard InChI is InChI=1S/C12H12ClO3/c1-2-3-4-12(15)16-10-6-5-9(8-14)11(13)7-10/h4-8H,2-3H2,1H3. The Labute approximate surface area is 99.4 Å². The minimum absolute atomic E-state index is 0.274. The molecular weight excluding hydrogens is 228 g/mol. The third-order valence-electron chi connectivity index (χ3n) is 1.92. The van der Waals surface area contributed by atoms with E-state index < -0.39 is 5.97 Å². The molecule has 0 saturated carbocycles. The lowest BCUT2D eigenvalue weighted by atomic mass is 10.2. The van der Waals surface area contributed by atoms with Gasteiger partial charge in [-0.15, -0.1) is 0 Å². The summed E-state index contributed by atoms with van der Waals surface area (Å²) in [6.45, 7) is 1.97. The smallest absolute Gasteiger partial charge is 0.315 e. The van der Waals surface area contributed by atoms with E-state index in [0.717, 1.165) is 6.42 Å². The zero-order valence-electron chi connectivity index (χ0n) is 8.90. The quantitative estimate of drug-likeness (QED) is 0.451. The van der Waals surface area contributed by atoms with Crippen molar-refractivity contribution in [1.29, 1.82) is 0 Å². The first-order valence-electron chi connectivity index (χ1n) is 4.97. The molecule has 16 heavy (non-hydrogen) atoms. The zero-order chi connectivity index (χ0) is 12.0. The lowest BCUT2D eigenvalue weighted by Gasteiger charge is -2.04. The van der Waals surface area contributed by atoms with Gasteiger partial charge in [-0.3, -0.25) is 9.59 Å². The highest BCUT2D eigenvalue weighted by Gasteiger charge is 2.06. The van der Waals surface area contributed by atoms with E-state index in [4.69, 9.17) is 16.3 Å². The Bertz CT molecular complexity index is 388. The maximum atomic E-state index is 11.2. The van der Waals surface area contributed by atoms with Gasteiger partial charge in [0, 0.05) is 11.6 Å². The molecule has 0 aliphatic heterocycles. The molecule has 85 valence electrons. The lowest BCUT2D eigenvalue weighted by molar-refractivity contribution is -0.130. The number of unbranched alkanes of at least 4 members (excludes halogenated alkanes) is 1. The predicted octanol–water partition coefficient (Wildman–Crippen LogP) is 3.06. The third kappa shape index (κ3) is 3.66. The first kappa shape index (κ1) is 12.7. The minimum atomic E-state index is -0.406. The predicted molar refractivity (Wildman–Crippen MR) is 61.7 cm³/mol. The van der Waals surface area contributed by atoms with E-state index in [2.05, 4.69) is 0 Å². The molecule has 0 aromatic heterocycles. The molecule has 0 bridgehead atoms. The Morgan fingerprint density at radius 2 is 2.25 bits per heavy atom. The molecule has 4 heteroatoms. The maximum Gasteiger partial charge on any atom is 0.315 e. The van der Waals surface area contributed by atoms with Gasteiger partial charge in [-0.05, 0) is 18.6 Å². The van der Waals surface area contributed by atoms with Gasteiger partial charge in [0.1, 0.15) is 5.75 Å². The van der Waals surface area contributed by atoms with Crippen LogP contribution in [0.1, 0.15) is 30.1 Å².